The minimum Gasteiger partial charge on any atom is -0.335 e. The molecule has 4 rings (SSSR count). The molecule has 136 valence electrons. The van der Waals surface area contributed by atoms with Crippen LogP contribution in [0, 0.1) is 6.92 Å². The molecule has 1 aromatic carbocycles. The highest BCUT2D eigenvalue weighted by Crippen LogP contribution is 2.32. The number of para-hydroxylation sites is 1. The Labute approximate surface area is 154 Å². The van der Waals surface area contributed by atoms with Crippen molar-refractivity contribution in [3.05, 3.63) is 47.3 Å². The molecular formula is C20H25N5O. The number of aromatic nitrogens is 2. The van der Waals surface area contributed by atoms with Crippen molar-refractivity contribution in [1.29, 1.82) is 0 Å². The molecular weight excluding hydrogens is 326 g/mol. The van der Waals surface area contributed by atoms with Gasteiger partial charge in [-0.3, -0.25) is 4.79 Å². The number of likely N-dealkylation sites (N-methyl/N-ethyl adjacent to an activating group) is 1. The van der Waals surface area contributed by atoms with E-state index in [0.717, 1.165) is 57.1 Å². The molecule has 2 aliphatic heterocycles. The lowest BCUT2D eigenvalue weighted by atomic mass is 10.2. The number of piperazine rings is 1. The Morgan fingerprint density at radius 3 is 2.62 bits per heavy atom. The van der Waals surface area contributed by atoms with E-state index in [-0.39, 0.29) is 5.91 Å². The van der Waals surface area contributed by atoms with Crippen LogP contribution in [0.3, 0.4) is 0 Å². The van der Waals surface area contributed by atoms with E-state index in [2.05, 4.69) is 44.9 Å². The Morgan fingerprint density at radius 2 is 1.85 bits per heavy atom. The molecule has 2 aromatic rings. The van der Waals surface area contributed by atoms with Gasteiger partial charge in [0.25, 0.3) is 5.91 Å². The van der Waals surface area contributed by atoms with Crippen molar-refractivity contribution < 1.29 is 4.79 Å². The molecule has 6 heteroatoms. The molecule has 26 heavy (non-hydrogen) atoms. The fraction of sp³-hybridized carbons (Fsp3) is 0.450. The first-order chi connectivity index (χ1) is 12.7. The minimum atomic E-state index is 0.0139. The van der Waals surface area contributed by atoms with Crippen LogP contribution in [0.4, 0.5) is 11.6 Å². The number of carbonyl (C=O) groups is 1. The van der Waals surface area contributed by atoms with E-state index in [0.29, 0.717) is 11.6 Å². The number of fused-ring (bicyclic) bond motifs is 1. The van der Waals surface area contributed by atoms with Gasteiger partial charge in [-0.25, -0.2) is 9.97 Å². The molecule has 6 nitrogen and oxygen atoms in total. The summed E-state index contributed by atoms with van der Waals surface area (Å²) >= 11 is 0. The normalized spacial score (nSPS) is 17.5. The second kappa shape index (κ2) is 7.03. The van der Waals surface area contributed by atoms with Gasteiger partial charge in [-0.05, 0) is 37.6 Å². The summed E-state index contributed by atoms with van der Waals surface area (Å²) in [5, 5.41) is 0. The molecule has 1 fully saturated rings. The number of nitrogens with zero attached hydrogens (tertiary/aromatic N) is 5. The van der Waals surface area contributed by atoms with Crippen LogP contribution in [0.1, 0.15) is 28.7 Å². The highest BCUT2D eigenvalue weighted by Gasteiger charge is 2.26. The summed E-state index contributed by atoms with van der Waals surface area (Å²) in [7, 11) is 0. The number of anilines is 2. The lowest BCUT2D eigenvalue weighted by molar-refractivity contribution is 0.0637. The minimum absolute atomic E-state index is 0.0139. The molecule has 1 amide bonds. The van der Waals surface area contributed by atoms with Gasteiger partial charge in [0.05, 0.1) is 0 Å². The van der Waals surface area contributed by atoms with E-state index in [1.807, 2.05) is 17.9 Å². The van der Waals surface area contributed by atoms with Gasteiger partial charge in [-0.1, -0.05) is 25.1 Å². The Hall–Kier alpha value is -2.47. The summed E-state index contributed by atoms with van der Waals surface area (Å²) in [4.78, 5) is 28.6. The molecule has 1 aromatic heterocycles. The van der Waals surface area contributed by atoms with Crippen molar-refractivity contribution in [3.8, 4) is 0 Å². The van der Waals surface area contributed by atoms with E-state index in [9.17, 15) is 4.79 Å². The van der Waals surface area contributed by atoms with Crippen LogP contribution < -0.4 is 4.90 Å². The molecule has 0 aliphatic carbocycles. The van der Waals surface area contributed by atoms with Crippen LogP contribution in [-0.4, -0.2) is 64.9 Å². The topological polar surface area (TPSA) is 52.6 Å². The standard InChI is InChI=1S/C20H25N5O/c1-3-23-10-12-24(13-11-23)19(26)17-14-15(2)21-20(22-17)25-9-8-16-6-4-5-7-18(16)25/h4-7,14H,3,8-13H2,1-2H3. The van der Waals surface area contributed by atoms with Gasteiger partial charge in [0.1, 0.15) is 5.69 Å². The average molecular weight is 351 g/mol. The van der Waals surface area contributed by atoms with Crippen LogP contribution >= 0.6 is 0 Å². The van der Waals surface area contributed by atoms with Crippen LogP contribution in [-0.2, 0) is 6.42 Å². The fourth-order valence-corrected chi connectivity index (χ4v) is 3.76. The zero-order valence-electron chi connectivity index (χ0n) is 15.5. The molecule has 0 bridgehead atoms. The monoisotopic (exact) mass is 351 g/mol. The van der Waals surface area contributed by atoms with Gasteiger partial charge in [0, 0.05) is 44.1 Å². The van der Waals surface area contributed by atoms with Crippen molar-refractivity contribution in [3.63, 3.8) is 0 Å². The molecule has 0 unspecified atom stereocenters. The molecule has 2 aliphatic rings. The number of hydrogen-bond acceptors (Lipinski definition) is 5. The van der Waals surface area contributed by atoms with Gasteiger partial charge in [0.2, 0.25) is 5.95 Å². The van der Waals surface area contributed by atoms with Crippen molar-refractivity contribution in [1.82, 2.24) is 19.8 Å². The van der Waals surface area contributed by atoms with E-state index >= 15 is 0 Å². The molecule has 0 spiro atoms. The third kappa shape index (κ3) is 3.17. The van der Waals surface area contributed by atoms with Crippen LogP contribution in [0.2, 0.25) is 0 Å². The number of benzene rings is 1. The van der Waals surface area contributed by atoms with E-state index < -0.39 is 0 Å². The predicted molar refractivity (Wildman–Crippen MR) is 102 cm³/mol. The highest BCUT2D eigenvalue weighted by atomic mass is 16.2. The molecule has 0 radical (unpaired) electrons. The first-order valence-electron chi connectivity index (χ1n) is 9.38. The Morgan fingerprint density at radius 1 is 1.08 bits per heavy atom. The highest BCUT2D eigenvalue weighted by molar-refractivity contribution is 5.93. The maximum Gasteiger partial charge on any atom is 0.272 e. The lowest BCUT2D eigenvalue weighted by Crippen LogP contribution is -2.48. The molecule has 3 heterocycles. The summed E-state index contributed by atoms with van der Waals surface area (Å²) in [6, 6.07) is 10.1. The third-order valence-corrected chi connectivity index (χ3v) is 5.30. The number of hydrogen-bond donors (Lipinski definition) is 0. The van der Waals surface area contributed by atoms with Crippen molar-refractivity contribution in [2.24, 2.45) is 0 Å². The largest absolute Gasteiger partial charge is 0.335 e. The quantitative estimate of drug-likeness (QED) is 0.849. The molecule has 0 N–H and O–H groups in total. The van der Waals surface area contributed by atoms with Crippen molar-refractivity contribution >= 4 is 17.5 Å². The van der Waals surface area contributed by atoms with Crippen molar-refractivity contribution in [2.75, 3.05) is 44.2 Å². The van der Waals surface area contributed by atoms with E-state index in [1.165, 1.54) is 5.56 Å². The fourth-order valence-electron chi connectivity index (χ4n) is 3.76. The summed E-state index contributed by atoms with van der Waals surface area (Å²) < 4.78 is 0. The lowest BCUT2D eigenvalue weighted by Gasteiger charge is -2.34. The maximum absolute atomic E-state index is 13.0. The number of amides is 1. The van der Waals surface area contributed by atoms with Gasteiger partial charge >= 0.3 is 0 Å². The van der Waals surface area contributed by atoms with Crippen molar-refractivity contribution in [2.45, 2.75) is 20.3 Å². The first kappa shape index (κ1) is 17.0. The summed E-state index contributed by atoms with van der Waals surface area (Å²) in [6.45, 7) is 9.36. The van der Waals surface area contributed by atoms with Gasteiger partial charge in [-0.2, -0.15) is 0 Å². The first-order valence-corrected chi connectivity index (χ1v) is 9.38. The van der Waals surface area contributed by atoms with Gasteiger partial charge in [0.15, 0.2) is 0 Å². The number of rotatable bonds is 3. The number of carbonyl (C=O) groups excluding carboxylic acids is 1. The molecule has 0 atom stereocenters. The second-order valence-corrected chi connectivity index (χ2v) is 6.95. The second-order valence-electron chi connectivity index (χ2n) is 6.95. The zero-order chi connectivity index (χ0) is 18.1. The SMILES string of the molecule is CCN1CCN(C(=O)c2cc(C)nc(N3CCc4ccccc43)n2)CC1. The molecule has 1 saturated heterocycles. The zero-order valence-corrected chi connectivity index (χ0v) is 15.5. The molecule has 0 saturated carbocycles. The van der Waals surface area contributed by atoms with Gasteiger partial charge < -0.3 is 14.7 Å². The van der Waals surface area contributed by atoms with E-state index in [4.69, 9.17) is 0 Å². The van der Waals surface area contributed by atoms with Crippen LogP contribution in [0.5, 0.6) is 0 Å². The summed E-state index contributed by atoms with van der Waals surface area (Å²) in [5.74, 6) is 0.644. The predicted octanol–water partition coefficient (Wildman–Crippen LogP) is 2.26. The third-order valence-electron chi connectivity index (χ3n) is 5.30. The van der Waals surface area contributed by atoms with Gasteiger partial charge in [-0.15, -0.1) is 0 Å². The van der Waals surface area contributed by atoms with Crippen LogP contribution in [0.25, 0.3) is 0 Å². The summed E-state index contributed by atoms with van der Waals surface area (Å²) in [5.41, 5.74) is 3.78. The average Bonchev–Trinajstić information content (AvgIpc) is 3.11. The Bertz CT molecular complexity index is 814. The smallest absolute Gasteiger partial charge is 0.272 e. The van der Waals surface area contributed by atoms with E-state index in [1.54, 1.807) is 6.07 Å². The number of aryl methyl sites for hydroxylation is 1. The Kier molecular flexibility index (Phi) is 4.59. The maximum atomic E-state index is 13.0. The summed E-state index contributed by atoms with van der Waals surface area (Å²) in [6.07, 6.45) is 0.982. The Balaban J connectivity index is 1.58. The van der Waals surface area contributed by atoms with Crippen LogP contribution in [0.15, 0.2) is 30.3 Å².